The van der Waals surface area contributed by atoms with Gasteiger partial charge in [0.2, 0.25) is 17.2 Å². The van der Waals surface area contributed by atoms with Crippen molar-refractivity contribution in [2.24, 2.45) is 0 Å². The number of anilines is 1. The molecule has 0 aliphatic heterocycles. The van der Waals surface area contributed by atoms with Crippen LogP contribution in [0, 0.1) is 0 Å². The van der Waals surface area contributed by atoms with E-state index in [1.165, 1.54) is 14.2 Å². The molecule has 1 atom stereocenters. The molecular weight excluding hydrogens is 411 g/mol. The number of hydrogen-bond acceptors (Lipinski definition) is 6. The van der Waals surface area contributed by atoms with Gasteiger partial charge in [0.15, 0.2) is 0 Å². The van der Waals surface area contributed by atoms with Crippen LogP contribution in [0.3, 0.4) is 0 Å². The first-order chi connectivity index (χ1) is 15.0. The SMILES string of the molecule is COP(=O)(OC)c1nc(Cc2cccc3ccccc23)oc1NC(C)c1ccccc1. The molecule has 0 fully saturated rings. The Hall–Kier alpha value is -2.92. The van der Waals surface area contributed by atoms with Crippen molar-refractivity contribution in [2.75, 3.05) is 19.5 Å². The van der Waals surface area contributed by atoms with Crippen molar-refractivity contribution >= 4 is 29.7 Å². The largest absolute Gasteiger partial charge is 0.424 e. The van der Waals surface area contributed by atoms with Gasteiger partial charge in [-0.15, -0.1) is 0 Å². The van der Waals surface area contributed by atoms with Crippen LogP contribution in [0.2, 0.25) is 0 Å². The lowest BCUT2D eigenvalue weighted by Crippen LogP contribution is -2.17. The standard InChI is InChI=1S/C24H25N2O4P/c1-17(18-10-5-4-6-11-18)25-23-24(31(27,28-2)29-3)26-22(30-23)16-20-14-9-13-19-12-7-8-15-21(19)20/h4-15,17,25H,16H2,1-3H3. The van der Waals surface area contributed by atoms with Crippen LogP contribution in [0.1, 0.15) is 30.0 Å². The van der Waals surface area contributed by atoms with E-state index in [-0.39, 0.29) is 11.5 Å². The van der Waals surface area contributed by atoms with Crippen molar-refractivity contribution < 1.29 is 18.0 Å². The van der Waals surface area contributed by atoms with Crippen LogP contribution in [0.25, 0.3) is 10.8 Å². The van der Waals surface area contributed by atoms with Crippen LogP contribution in [0.4, 0.5) is 5.88 Å². The highest BCUT2D eigenvalue weighted by Gasteiger charge is 2.34. The van der Waals surface area contributed by atoms with E-state index < -0.39 is 7.60 Å². The second kappa shape index (κ2) is 9.06. The minimum Gasteiger partial charge on any atom is -0.424 e. The molecule has 31 heavy (non-hydrogen) atoms. The molecule has 7 heteroatoms. The minimum absolute atomic E-state index is 0.0968. The second-order valence-electron chi connectivity index (χ2n) is 7.21. The Morgan fingerprint density at radius 3 is 2.39 bits per heavy atom. The zero-order valence-electron chi connectivity index (χ0n) is 17.7. The fourth-order valence-corrected chi connectivity index (χ4v) is 4.68. The third-order valence-electron chi connectivity index (χ3n) is 5.26. The summed E-state index contributed by atoms with van der Waals surface area (Å²) in [6.45, 7) is 2.00. The molecule has 0 bridgehead atoms. The molecule has 1 unspecified atom stereocenters. The number of benzene rings is 3. The van der Waals surface area contributed by atoms with Crippen molar-refractivity contribution in [3.63, 3.8) is 0 Å². The van der Waals surface area contributed by atoms with Crippen LogP contribution in [0.5, 0.6) is 0 Å². The van der Waals surface area contributed by atoms with Crippen LogP contribution in [-0.2, 0) is 20.0 Å². The summed E-state index contributed by atoms with van der Waals surface area (Å²) in [7, 11) is -0.936. The summed E-state index contributed by atoms with van der Waals surface area (Å²) in [6.07, 6.45) is 0.448. The van der Waals surface area contributed by atoms with Gasteiger partial charge in [0.05, 0.1) is 12.5 Å². The number of hydrogen-bond donors (Lipinski definition) is 1. The van der Waals surface area contributed by atoms with Gasteiger partial charge in [-0.2, -0.15) is 0 Å². The van der Waals surface area contributed by atoms with E-state index in [2.05, 4.69) is 28.5 Å². The normalized spacial score (nSPS) is 12.7. The molecule has 0 aliphatic rings. The van der Waals surface area contributed by atoms with Crippen molar-refractivity contribution in [1.82, 2.24) is 4.98 Å². The first-order valence-electron chi connectivity index (χ1n) is 10.0. The Labute approximate surface area is 181 Å². The number of nitrogens with zero attached hydrogens (tertiary/aromatic N) is 1. The van der Waals surface area contributed by atoms with Crippen molar-refractivity contribution in [3.05, 3.63) is 89.8 Å². The molecule has 6 nitrogen and oxygen atoms in total. The molecule has 0 saturated carbocycles. The van der Waals surface area contributed by atoms with Gasteiger partial charge in [0.1, 0.15) is 0 Å². The number of nitrogens with one attached hydrogen (secondary N) is 1. The summed E-state index contributed by atoms with van der Waals surface area (Å²) in [5.74, 6) is 0.724. The number of oxazole rings is 1. The monoisotopic (exact) mass is 436 g/mol. The fraction of sp³-hybridized carbons (Fsp3) is 0.208. The number of aromatic nitrogens is 1. The average molecular weight is 436 g/mol. The van der Waals surface area contributed by atoms with Gasteiger partial charge in [0, 0.05) is 14.2 Å². The van der Waals surface area contributed by atoms with Gasteiger partial charge in [-0.05, 0) is 28.8 Å². The average Bonchev–Trinajstić information content (AvgIpc) is 3.22. The van der Waals surface area contributed by atoms with Gasteiger partial charge in [-0.3, -0.25) is 4.57 Å². The summed E-state index contributed by atoms with van der Waals surface area (Å²) in [5.41, 5.74) is 2.28. The topological polar surface area (TPSA) is 73.6 Å². The van der Waals surface area contributed by atoms with E-state index in [9.17, 15) is 4.57 Å². The molecule has 1 aromatic heterocycles. The zero-order valence-corrected chi connectivity index (χ0v) is 18.6. The maximum atomic E-state index is 13.2. The van der Waals surface area contributed by atoms with Gasteiger partial charge in [-0.1, -0.05) is 72.8 Å². The molecule has 0 amide bonds. The molecule has 0 radical (unpaired) electrons. The summed E-state index contributed by atoms with van der Waals surface area (Å²) in [5, 5.41) is 5.55. The van der Waals surface area contributed by atoms with E-state index in [0.717, 1.165) is 21.9 Å². The number of fused-ring (bicyclic) bond motifs is 1. The molecule has 0 aliphatic carbocycles. The molecule has 1 heterocycles. The fourth-order valence-electron chi connectivity index (χ4n) is 3.59. The van der Waals surface area contributed by atoms with Crippen molar-refractivity contribution in [1.29, 1.82) is 0 Å². The molecular formula is C24H25N2O4P. The quantitative estimate of drug-likeness (QED) is 0.357. The van der Waals surface area contributed by atoms with E-state index in [1.807, 2.05) is 61.5 Å². The lowest BCUT2D eigenvalue weighted by Gasteiger charge is -2.16. The molecule has 0 saturated heterocycles. The smallest absolute Gasteiger partial charge is 0.384 e. The molecule has 4 rings (SSSR count). The Kier molecular flexibility index (Phi) is 6.23. The summed E-state index contributed by atoms with van der Waals surface area (Å²) in [6, 6.07) is 24.1. The van der Waals surface area contributed by atoms with Gasteiger partial charge < -0.3 is 18.8 Å². The highest BCUT2D eigenvalue weighted by molar-refractivity contribution is 7.62. The molecule has 1 N–H and O–H groups in total. The lowest BCUT2D eigenvalue weighted by atomic mass is 10.0. The van der Waals surface area contributed by atoms with E-state index >= 15 is 0 Å². The van der Waals surface area contributed by atoms with Crippen LogP contribution in [-0.4, -0.2) is 19.2 Å². The summed E-state index contributed by atoms with van der Waals surface area (Å²) < 4.78 is 29.6. The number of rotatable bonds is 8. The third-order valence-corrected chi connectivity index (χ3v) is 7.05. The zero-order chi connectivity index (χ0) is 21.8. The van der Waals surface area contributed by atoms with Gasteiger partial charge in [-0.25, -0.2) is 4.98 Å². The molecule has 160 valence electrons. The van der Waals surface area contributed by atoms with E-state index in [0.29, 0.717) is 18.2 Å². The van der Waals surface area contributed by atoms with E-state index in [1.54, 1.807) is 0 Å². The van der Waals surface area contributed by atoms with Crippen LogP contribution >= 0.6 is 7.60 Å². The van der Waals surface area contributed by atoms with Crippen LogP contribution < -0.4 is 10.8 Å². The molecule has 3 aromatic carbocycles. The molecule has 4 aromatic rings. The molecule has 0 spiro atoms. The highest BCUT2D eigenvalue weighted by atomic mass is 31.2. The van der Waals surface area contributed by atoms with Crippen LogP contribution in [0.15, 0.2) is 77.2 Å². The predicted octanol–water partition coefficient (Wildman–Crippen LogP) is 5.70. The first-order valence-corrected chi connectivity index (χ1v) is 11.6. The Balaban J connectivity index is 1.71. The highest BCUT2D eigenvalue weighted by Crippen LogP contribution is 2.47. The predicted molar refractivity (Wildman–Crippen MR) is 123 cm³/mol. The van der Waals surface area contributed by atoms with Crippen molar-refractivity contribution in [2.45, 2.75) is 19.4 Å². The third kappa shape index (κ3) is 4.42. The maximum absolute atomic E-state index is 13.2. The Morgan fingerprint density at radius 2 is 1.65 bits per heavy atom. The minimum atomic E-state index is -3.62. The first kappa shape index (κ1) is 21.3. The van der Waals surface area contributed by atoms with Gasteiger partial charge in [0.25, 0.3) is 0 Å². The maximum Gasteiger partial charge on any atom is 0.384 e. The summed E-state index contributed by atoms with van der Waals surface area (Å²) in [4.78, 5) is 4.53. The Morgan fingerprint density at radius 1 is 0.968 bits per heavy atom. The van der Waals surface area contributed by atoms with E-state index in [4.69, 9.17) is 13.5 Å². The Bertz CT molecular complexity index is 1210. The summed E-state index contributed by atoms with van der Waals surface area (Å²) >= 11 is 0. The van der Waals surface area contributed by atoms with Crippen molar-refractivity contribution in [3.8, 4) is 0 Å². The lowest BCUT2D eigenvalue weighted by molar-refractivity contribution is 0.286. The van der Waals surface area contributed by atoms with Gasteiger partial charge >= 0.3 is 7.60 Å². The second-order valence-corrected chi connectivity index (χ2v) is 9.36.